The van der Waals surface area contributed by atoms with Crippen molar-refractivity contribution in [2.45, 2.75) is 13.0 Å². The summed E-state index contributed by atoms with van der Waals surface area (Å²) in [6.07, 6.45) is -0.410. The molecule has 1 aromatic carbocycles. The Balaban J connectivity index is 2.21. The topological polar surface area (TPSA) is 79.3 Å². The number of nitrogens with zero attached hydrogens (tertiary/aromatic N) is 2. The smallest absolute Gasteiger partial charge is 0.161 e. The Hall–Kier alpha value is -2.06. The molecule has 1 heterocycles. The van der Waals surface area contributed by atoms with E-state index in [-0.39, 0.29) is 5.78 Å². The molecule has 0 aliphatic carbocycles. The van der Waals surface area contributed by atoms with Gasteiger partial charge < -0.3 is 15.4 Å². The molecule has 2 N–H and O–H groups in total. The Labute approximate surface area is 106 Å². The third kappa shape index (κ3) is 2.44. The van der Waals surface area contributed by atoms with Crippen LogP contribution in [0.25, 0.3) is 0 Å². The van der Waals surface area contributed by atoms with Gasteiger partial charge in [0.1, 0.15) is 0 Å². The zero-order valence-electron chi connectivity index (χ0n) is 10.2. The second kappa shape index (κ2) is 5.07. The van der Waals surface area contributed by atoms with Gasteiger partial charge in [0, 0.05) is 23.5 Å². The minimum absolute atomic E-state index is 0.0454. The summed E-state index contributed by atoms with van der Waals surface area (Å²) in [4.78, 5) is 13.3. The number of hydrogen-bond donors (Lipinski definition) is 1. The first kappa shape index (κ1) is 12.4. The molecular weight excluding hydrogens is 230 g/mol. The minimum atomic E-state index is -0.410. The zero-order chi connectivity index (χ0) is 13.1. The van der Waals surface area contributed by atoms with Crippen LogP contribution >= 0.6 is 0 Å². The Morgan fingerprint density at radius 1 is 1.61 bits per heavy atom. The van der Waals surface area contributed by atoms with Gasteiger partial charge in [0.05, 0.1) is 19.2 Å². The fourth-order valence-corrected chi connectivity index (χ4v) is 2.03. The number of carbonyl (C=O) groups excluding carboxylic acids is 1. The van der Waals surface area contributed by atoms with E-state index >= 15 is 0 Å². The number of carbonyl (C=O) groups is 1. The van der Waals surface area contributed by atoms with Gasteiger partial charge in [-0.2, -0.15) is 5.26 Å². The average molecular weight is 245 g/mol. The average Bonchev–Trinajstić information content (AvgIpc) is 2.38. The summed E-state index contributed by atoms with van der Waals surface area (Å²) in [6.45, 7) is 3.25. The second-order valence-corrected chi connectivity index (χ2v) is 4.26. The van der Waals surface area contributed by atoms with Crippen molar-refractivity contribution < 1.29 is 9.53 Å². The summed E-state index contributed by atoms with van der Waals surface area (Å²) in [7, 11) is 0. The molecule has 2 rings (SSSR count). The van der Waals surface area contributed by atoms with Gasteiger partial charge in [-0.05, 0) is 25.1 Å². The van der Waals surface area contributed by atoms with E-state index in [0.717, 1.165) is 12.2 Å². The van der Waals surface area contributed by atoms with Gasteiger partial charge in [0.2, 0.25) is 0 Å². The van der Waals surface area contributed by atoms with Crippen LogP contribution in [0.5, 0.6) is 0 Å². The van der Waals surface area contributed by atoms with E-state index in [9.17, 15) is 4.79 Å². The van der Waals surface area contributed by atoms with Gasteiger partial charge in [-0.1, -0.05) is 0 Å². The number of hydrogen-bond acceptors (Lipinski definition) is 5. The Morgan fingerprint density at radius 3 is 3.00 bits per heavy atom. The van der Waals surface area contributed by atoms with E-state index in [1.807, 2.05) is 11.0 Å². The van der Waals surface area contributed by atoms with Crippen molar-refractivity contribution >= 4 is 17.2 Å². The summed E-state index contributed by atoms with van der Waals surface area (Å²) >= 11 is 0. The lowest BCUT2D eigenvalue weighted by Gasteiger charge is -2.31. The van der Waals surface area contributed by atoms with Crippen LogP contribution in [0.4, 0.5) is 11.4 Å². The van der Waals surface area contributed by atoms with Gasteiger partial charge >= 0.3 is 0 Å². The molecular formula is C13H15N3O2. The fourth-order valence-electron chi connectivity index (χ4n) is 2.03. The number of morpholine rings is 1. The summed E-state index contributed by atoms with van der Waals surface area (Å²) < 4.78 is 5.28. The molecule has 0 saturated carbocycles. The summed E-state index contributed by atoms with van der Waals surface area (Å²) in [6, 6.07) is 7.45. The highest BCUT2D eigenvalue weighted by Gasteiger charge is 2.20. The maximum Gasteiger partial charge on any atom is 0.161 e. The number of ether oxygens (including phenoxy) is 1. The van der Waals surface area contributed by atoms with E-state index in [1.165, 1.54) is 6.92 Å². The van der Waals surface area contributed by atoms with E-state index in [0.29, 0.717) is 24.4 Å². The number of benzene rings is 1. The molecule has 1 aliphatic rings. The van der Waals surface area contributed by atoms with Crippen LogP contribution in [0.1, 0.15) is 17.3 Å². The van der Waals surface area contributed by atoms with Crippen molar-refractivity contribution in [2.75, 3.05) is 30.3 Å². The van der Waals surface area contributed by atoms with Gasteiger partial charge in [0.25, 0.3) is 0 Å². The molecule has 0 radical (unpaired) electrons. The molecule has 18 heavy (non-hydrogen) atoms. The zero-order valence-corrected chi connectivity index (χ0v) is 10.2. The molecule has 1 fully saturated rings. The lowest BCUT2D eigenvalue weighted by Crippen LogP contribution is -2.41. The number of ketones is 1. The number of nitrogens with two attached hydrogens (primary N) is 1. The van der Waals surface area contributed by atoms with Crippen LogP contribution in [0.15, 0.2) is 18.2 Å². The normalized spacial score (nSPS) is 19.3. The van der Waals surface area contributed by atoms with Crippen molar-refractivity contribution in [2.24, 2.45) is 0 Å². The first-order chi connectivity index (χ1) is 8.61. The second-order valence-electron chi connectivity index (χ2n) is 4.26. The lowest BCUT2D eigenvalue weighted by molar-refractivity contribution is 0.0764. The molecule has 1 atom stereocenters. The Morgan fingerprint density at radius 2 is 2.39 bits per heavy atom. The van der Waals surface area contributed by atoms with E-state index in [1.54, 1.807) is 12.1 Å². The standard InChI is InChI=1S/C13H15N3O2/c1-9(17)12-3-2-10(6-13(12)15)16-4-5-18-11(7-14)8-16/h2-3,6,11H,4-5,8,15H2,1H3. The van der Waals surface area contributed by atoms with Gasteiger partial charge in [-0.25, -0.2) is 0 Å². The SMILES string of the molecule is CC(=O)c1ccc(N2CCOC(C#N)C2)cc1N. The molecule has 5 nitrogen and oxygen atoms in total. The maximum atomic E-state index is 11.3. The maximum absolute atomic E-state index is 11.3. The molecule has 94 valence electrons. The number of anilines is 2. The highest BCUT2D eigenvalue weighted by Crippen LogP contribution is 2.23. The number of Topliss-reactive ketones (excluding diaryl/α,β-unsaturated/α-hetero) is 1. The highest BCUT2D eigenvalue weighted by molar-refractivity contribution is 5.99. The molecule has 0 amide bonds. The van der Waals surface area contributed by atoms with Crippen molar-refractivity contribution in [1.82, 2.24) is 0 Å². The predicted octanol–water partition coefficient (Wildman–Crippen LogP) is 1.20. The molecule has 0 aromatic heterocycles. The first-order valence-electron chi connectivity index (χ1n) is 5.78. The number of nitrogen functional groups attached to an aromatic ring is 1. The van der Waals surface area contributed by atoms with Crippen molar-refractivity contribution in [3.05, 3.63) is 23.8 Å². The molecule has 1 aliphatic heterocycles. The molecule has 0 bridgehead atoms. The summed E-state index contributed by atoms with van der Waals surface area (Å²) in [5, 5.41) is 8.86. The van der Waals surface area contributed by atoms with Crippen LogP contribution in [0.3, 0.4) is 0 Å². The van der Waals surface area contributed by atoms with E-state index < -0.39 is 6.10 Å². The van der Waals surface area contributed by atoms with Crippen LogP contribution < -0.4 is 10.6 Å². The highest BCUT2D eigenvalue weighted by atomic mass is 16.5. The Kier molecular flexibility index (Phi) is 3.49. The summed E-state index contributed by atoms with van der Waals surface area (Å²) in [5.74, 6) is -0.0454. The van der Waals surface area contributed by atoms with Crippen molar-refractivity contribution in [3.8, 4) is 6.07 Å². The van der Waals surface area contributed by atoms with Crippen LogP contribution in [-0.2, 0) is 4.74 Å². The monoisotopic (exact) mass is 245 g/mol. The van der Waals surface area contributed by atoms with Crippen molar-refractivity contribution in [3.63, 3.8) is 0 Å². The van der Waals surface area contributed by atoms with E-state index in [4.69, 9.17) is 15.7 Å². The minimum Gasteiger partial charge on any atom is -0.398 e. The third-order valence-electron chi connectivity index (χ3n) is 2.99. The largest absolute Gasteiger partial charge is 0.398 e. The number of rotatable bonds is 2. The third-order valence-corrected chi connectivity index (χ3v) is 2.99. The summed E-state index contributed by atoms with van der Waals surface area (Å²) in [5.41, 5.74) is 7.77. The van der Waals surface area contributed by atoms with Crippen LogP contribution in [0, 0.1) is 11.3 Å². The number of nitriles is 1. The predicted molar refractivity (Wildman–Crippen MR) is 68.4 cm³/mol. The quantitative estimate of drug-likeness (QED) is 0.625. The molecule has 5 heteroatoms. The molecule has 1 saturated heterocycles. The van der Waals surface area contributed by atoms with E-state index in [2.05, 4.69) is 6.07 Å². The molecule has 1 unspecified atom stereocenters. The van der Waals surface area contributed by atoms with Gasteiger partial charge in [-0.3, -0.25) is 4.79 Å². The Bertz CT molecular complexity index is 507. The van der Waals surface area contributed by atoms with Gasteiger partial charge in [0.15, 0.2) is 11.9 Å². The van der Waals surface area contributed by atoms with Crippen LogP contribution in [0.2, 0.25) is 0 Å². The first-order valence-corrected chi connectivity index (χ1v) is 5.78. The van der Waals surface area contributed by atoms with Gasteiger partial charge in [-0.15, -0.1) is 0 Å². The van der Waals surface area contributed by atoms with Crippen molar-refractivity contribution in [1.29, 1.82) is 5.26 Å². The molecule has 1 aromatic rings. The lowest BCUT2D eigenvalue weighted by atomic mass is 10.1. The van der Waals surface area contributed by atoms with Crippen LogP contribution in [-0.4, -0.2) is 31.6 Å². The fraction of sp³-hybridized carbons (Fsp3) is 0.385. The molecule has 0 spiro atoms.